The first-order valence-electron chi connectivity index (χ1n) is 9.41. The Kier molecular flexibility index (Phi) is 5.49. The summed E-state index contributed by atoms with van der Waals surface area (Å²) < 4.78 is 2.50. The number of thiophene rings is 1. The van der Waals surface area contributed by atoms with Crippen LogP contribution in [0.1, 0.15) is 39.5 Å². The Bertz CT molecular complexity index is 1100. The summed E-state index contributed by atoms with van der Waals surface area (Å²) in [6, 6.07) is 7.24. The average molecular weight is 460 g/mol. The zero-order valence-corrected chi connectivity index (χ0v) is 18.4. The van der Waals surface area contributed by atoms with Crippen molar-refractivity contribution in [3.63, 3.8) is 0 Å². The number of ketones is 1. The molecule has 2 aromatic heterocycles. The fourth-order valence-electron chi connectivity index (χ4n) is 3.72. The molecule has 0 bridgehead atoms. The van der Waals surface area contributed by atoms with E-state index in [0.717, 1.165) is 39.5 Å². The topological polar surface area (TPSA) is 55.2 Å². The van der Waals surface area contributed by atoms with Crippen LogP contribution in [-0.4, -0.2) is 34.3 Å². The van der Waals surface area contributed by atoms with Crippen molar-refractivity contribution in [2.24, 2.45) is 0 Å². The number of hydrogen-bond acceptors (Lipinski definition) is 5. The molecule has 1 aliphatic rings. The number of carbonyl (C=O) groups excluding carboxylic acids is 1. The molecule has 4 rings (SSSR count). The molecule has 0 aliphatic heterocycles. The lowest BCUT2D eigenvalue weighted by Crippen LogP contribution is -2.31. The number of nitrogens with zero attached hydrogens (tertiary/aromatic N) is 3. The number of hydrogen-bond donors (Lipinski definition) is 0. The first-order valence-corrected chi connectivity index (χ1v) is 11.0. The minimum atomic E-state index is -0.0835. The van der Waals surface area contributed by atoms with E-state index in [1.54, 1.807) is 28.0 Å². The fourth-order valence-corrected chi connectivity index (χ4v) is 5.25. The van der Waals surface area contributed by atoms with Crippen molar-refractivity contribution in [2.75, 3.05) is 14.1 Å². The molecule has 0 fully saturated rings. The van der Waals surface area contributed by atoms with E-state index in [0.29, 0.717) is 17.9 Å². The lowest BCUT2D eigenvalue weighted by molar-refractivity contribution is 0.0968. The lowest BCUT2D eigenvalue weighted by Gasteiger charge is -2.16. The zero-order chi connectivity index (χ0) is 19.8. The van der Waals surface area contributed by atoms with Gasteiger partial charge in [0.15, 0.2) is 5.78 Å². The molecule has 0 amide bonds. The number of halogens is 1. The molecule has 1 aromatic carbocycles. The minimum absolute atomic E-state index is 0.0111. The summed E-state index contributed by atoms with van der Waals surface area (Å²) in [6.45, 7) is 0.526. The molecule has 3 aromatic rings. The van der Waals surface area contributed by atoms with Crippen LogP contribution in [0.15, 0.2) is 33.5 Å². The van der Waals surface area contributed by atoms with Gasteiger partial charge in [-0.1, -0.05) is 28.1 Å². The normalized spacial score (nSPS) is 13.9. The van der Waals surface area contributed by atoms with Gasteiger partial charge in [0.2, 0.25) is 0 Å². The van der Waals surface area contributed by atoms with Crippen molar-refractivity contribution in [1.82, 2.24) is 14.5 Å². The van der Waals surface area contributed by atoms with E-state index >= 15 is 0 Å². The van der Waals surface area contributed by atoms with Crippen molar-refractivity contribution in [3.05, 3.63) is 60.9 Å². The van der Waals surface area contributed by atoms with E-state index in [-0.39, 0.29) is 17.9 Å². The molecule has 0 saturated carbocycles. The second-order valence-corrected chi connectivity index (χ2v) is 9.48. The van der Waals surface area contributed by atoms with Crippen LogP contribution in [0.4, 0.5) is 0 Å². The molecule has 2 heterocycles. The molecule has 0 N–H and O–H groups in total. The number of aryl methyl sites for hydroxylation is 2. The van der Waals surface area contributed by atoms with E-state index in [1.807, 2.05) is 31.1 Å². The highest BCUT2D eigenvalue weighted by Gasteiger charge is 2.23. The number of benzene rings is 1. The Morgan fingerprint density at radius 3 is 2.64 bits per heavy atom. The predicted molar refractivity (Wildman–Crippen MR) is 116 cm³/mol. The summed E-state index contributed by atoms with van der Waals surface area (Å²) in [7, 11) is 3.88. The molecule has 0 unspecified atom stereocenters. The Morgan fingerprint density at radius 1 is 1.21 bits per heavy atom. The second-order valence-electron chi connectivity index (χ2n) is 7.48. The van der Waals surface area contributed by atoms with Crippen LogP contribution >= 0.6 is 27.3 Å². The van der Waals surface area contributed by atoms with Crippen molar-refractivity contribution in [3.8, 4) is 0 Å². The smallest absolute Gasteiger partial charge is 0.263 e. The Balaban J connectivity index is 1.82. The largest absolute Gasteiger partial charge is 0.302 e. The highest BCUT2D eigenvalue weighted by molar-refractivity contribution is 9.10. The van der Waals surface area contributed by atoms with Crippen LogP contribution in [0.3, 0.4) is 0 Å². The van der Waals surface area contributed by atoms with Crippen LogP contribution < -0.4 is 5.56 Å². The van der Waals surface area contributed by atoms with Crippen LogP contribution in [-0.2, 0) is 25.9 Å². The van der Waals surface area contributed by atoms with Crippen molar-refractivity contribution < 1.29 is 4.79 Å². The van der Waals surface area contributed by atoms with Gasteiger partial charge in [-0.2, -0.15) is 0 Å². The summed E-state index contributed by atoms with van der Waals surface area (Å²) >= 11 is 5.04. The number of aromatic nitrogens is 2. The van der Waals surface area contributed by atoms with Gasteiger partial charge in [0, 0.05) is 14.9 Å². The number of fused-ring (bicyclic) bond motifs is 3. The van der Waals surface area contributed by atoms with Crippen LogP contribution in [0.25, 0.3) is 10.2 Å². The molecule has 7 heteroatoms. The summed E-state index contributed by atoms with van der Waals surface area (Å²) in [6.07, 6.45) is 4.23. The maximum atomic E-state index is 13.4. The predicted octanol–water partition coefficient (Wildman–Crippen LogP) is 4.04. The molecule has 0 atom stereocenters. The van der Waals surface area contributed by atoms with Gasteiger partial charge in [0.05, 0.1) is 18.5 Å². The van der Waals surface area contributed by atoms with E-state index in [9.17, 15) is 9.59 Å². The average Bonchev–Trinajstić information content (AvgIpc) is 3.03. The van der Waals surface area contributed by atoms with Gasteiger partial charge in [-0.3, -0.25) is 14.2 Å². The van der Waals surface area contributed by atoms with Gasteiger partial charge >= 0.3 is 0 Å². The highest BCUT2D eigenvalue weighted by atomic mass is 79.9. The van der Waals surface area contributed by atoms with E-state index in [1.165, 1.54) is 11.3 Å². The lowest BCUT2D eigenvalue weighted by atomic mass is 9.97. The van der Waals surface area contributed by atoms with Crippen molar-refractivity contribution >= 4 is 43.3 Å². The molecule has 0 radical (unpaired) electrons. The Labute approximate surface area is 176 Å². The van der Waals surface area contributed by atoms with Gasteiger partial charge in [0.1, 0.15) is 10.7 Å². The van der Waals surface area contributed by atoms with Crippen LogP contribution in [0.5, 0.6) is 0 Å². The molecule has 0 spiro atoms. The third-order valence-electron chi connectivity index (χ3n) is 5.08. The molecule has 1 aliphatic carbocycles. The Morgan fingerprint density at radius 2 is 1.93 bits per heavy atom. The number of carbonyl (C=O) groups is 1. The number of Topliss-reactive ketones (excluding diaryl/α,β-unsaturated/α-hetero) is 1. The molecule has 0 saturated heterocycles. The maximum absolute atomic E-state index is 13.4. The van der Waals surface area contributed by atoms with E-state index in [4.69, 9.17) is 4.98 Å². The van der Waals surface area contributed by atoms with Gasteiger partial charge in [-0.05, 0) is 57.5 Å². The van der Waals surface area contributed by atoms with Gasteiger partial charge in [0.25, 0.3) is 5.56 Å². The Hall–Kier alpha value is -1.83. The van der Waals surface area contributed by atoms with E-state index < -0.39 is 0 Å². The quantitative estimate of drug-likeness (QED) is 0.540. The SMILES string of the molecule is CN(C)Cc1nc2sc3c(c2c(=O)n1CC(=O)c1ccc(Br)cc1)CCCC3. The van der Waals surface area contributed by atoms with Gasteiger partial charge in [-0.15, -0.1) is 11.3 Å². The van der Waals surface area contributed by atoms with Crippen molar-refractivity contribution in [1.29, 1.82) is 0 Å². The second kappa shape index (κ2) is 7.89. The van der Waals surface area contributed by atoms with Crippen LogP contribution in [0.2, 0.25) is 0 Å². The minimum Gasteiger partial charge on any atom is -0.302 e. The first kappa shape index (κ1) is 19.5. The molecule has 5 nitrogen and oxygen atoms in total. The summed E-state index contributed by atoms with van der Waals surface area (Å²) in [5.41, 5.74) is 1.68. The summed E-state index contributed by atoms with van der Waals surface area (Å²) in [4.78, 5) is 35.2. The third kappa shape index (κ3) is 3.71. The summed E-state index contributed by atoms with van der Waals surface area (Å²) in [5, 5.41) is 0.728. The fraction of sp³-hybridized carbons (Fsp3) is 0.381. The van der Waals surface area contributed by atoms with Crippen molar-refractivity contribution in [2.45, 2.75) is 38.8 Å². The van der Waals surface area contributed by atoms with E-state index in [2.05, 4.69) is 15.9 Å². The molecule has 28 heavy (non-hydrogen) atoms. The highest BCUT2D eigenvalue weighted by Crippen LogP contribution is 2.33. The maximum Gasteiger partial charge on any atom is 0.263 e. The first-order chi connectivity index (χ1) is 13.4. The standard InChI is InChI=1S/C21H22BrN3O2S/c1-24(2)12-18-23-20-19(15-5-3-4-6-17(15)28-20)21(27)25(18)11-16(26)13-7-9-14(22)10-8-13/h7-10H,3-6,11-12H2,1-2H3. The molecule has 146 valence electrons. The van der Waals surface area contributed by atoms with Crippen LogP contribution in [0, 0.1) is 0 Å². The van der Waals surface area contributed by atoms with Gasteiger partial charge in [-0.25, -0.2) is 4.98 Å². The number of rotatable bonds is 5. The molecular weight excluding hydrogens is 438 g/mol. The van der Waals surface area contributed by atoms with Gasteiger partial charge < -0.3 is 4.90 Å². The molecular formula is C21H22BrN3O2S. The summed E-state index contributed by atoms with van der Waals surface area (Å²) in [5.74, 6) is 0.561. The monoisotopic (exact) mass is 459 g/mol. The zero-order valence-electron chi connectivity index (χ0n) is 16.0. The third-order valence-corrected chi connectivity index (χ3v) is 6.79.